The van der Waals surface area contributed by atoms with Gasteiger partial charge in [-0.2, -0.15) is 5.26 Å². The Labute approximate surface area is 121 Å². The van der Waals surface area contributed by atoms with Crippen LogP contribution in [0.5, 0.6) is 5.75 Å². The molecule has 1 saturated carbocycles. The summed E-state index contributed by atoms with van der Waals surface area (Å²) < 4.78 is 5.24. The van der Waals surface area contributed by atoms with E-state index in [1.54, 1.807) is 7.11 Å². The molecule has 20 heavy (non-hydrogen) atoms. The van der Waals surface area contributed by atoms with E-state index in [4.69, 9.17) is 4.74 Å². The van der Waals surface area contributed by atoms with Crippen molar-refractivity contribution in [2.75, 3.05) is 25.6 Å². The number of nitrogens with one attached hydrogen (secondary N) is 1. The molecule has 0 saturated heterocycles. The van der Waals surface area contributed by atoms with Crippen LogP contribution in [0, 0.1) is 11.3 Å². The number of hydrogen-bond acceptors (Lipinski definition) is 4. The Bertz CT molecular complexity index is 493. The summed E-state index contributed by atoms with van der Waals surface area (Å²) in [4.78, 5) is 2.16. The summed E-state index contributed by atoms with van der Waals surface area (Å²) in [6.45, 7) is 2.82. The normalized spacial score (nSPS) is 17.1. The van der Waals surface area contributed by atoms with Crippen molar-refractivity contribution < 1.29 is 4.74 Å². The summed E-state index contributed by atoms with van der Waals surface area (Å²) in [5, 5.41) is 12.8. The minimum absolute atomic E-state index is 0.436. The van der Waals surface area contributed by atoms with Gasteiger partial charge in [0.2, 0.25) is 0 Å². The Morgan fingerprint density at radius 3 is 2.85 bits per heavy atom. The summed E-state index contributed by atoms with van der Waals surface area (Å²) in [6, 6.07) is 10.9. The SMILES string of the molecule is COc1cccc(N(C)CCC(C)(C#N)NC2CC2)c1. The van der Waals surface area contributed by atoms with Gasteiger partial charge in [0.05, 0.1) is 13.2 Å². The van der Waals surface area contributed by atoms with Gasteiger partial charge in [-0.25, -0.2) is 0 Å². The predicted molar refractivity (Wildman–Crippen MR) is 81.1 cm³/mol. The molecule has 4 nitrogen and oxygen atoms in total. The number of anilines is 1. The molecular formula is C16H23N3O. The van der Waals surface area contributed by atoms with Crippen LogP contribution in [-0.2, 0) is 0 Å². The Morgan fingerprint density at radius 2 is 2.25 bits per heavy atom. The highest BCUT2D eigenvalue weighted by Gasteiger charge is 2.32. The highest BCUT2D eigenvalue weighted by Crippen LogP contribution is 2.25. The molecule has 0 heterocycles. The molecule has 0 amide bonds. The molecule has 1 atom stereocenters. The minimum atomic E-state index is -0.436. The Kier molecular flexibility index (Phi) is 4.51. The summed E-state index contributed by atoms with van der Waals surface area (Å²) >= 11 is 0. The monoisotopic (exact) mass is 273 g/mol. The lowest BCUT2D eigenvalue weighted by Crippen LogP contribution is -2.44. The van der Waals surface area contributed by atoms with Gasteiger partial charge in [-0.15, -0.1) is 0 Å². The van der Waals surface area contributed by atoms with E-state index in [-0.39, 0.29) is 0 Å². The van der Waals surface area contributed by atoms with Crippen LogP contribution in [0.15, 0.2) is 24.3 Å². The zero-order valence-electron chi connectivity index (χ0n) is 12.5. The molecule has 0 aliphatic heterocycles. The number of hydrogen-bond donors (Lipinski definition) is 1. The van der Waals surface area contributed by atoms with E-state index >= 15 is 0 Å². The summed E-state index contributed by atoms with van der Waals surface area (Å²) in [5.41, 5.74) is 0.671. The maximum Gasteiger partial charge on any atom is 0.120 e. The number of nitriles is 1. The molecule has 1 aromatic rings. The highest BCUT2D eigenvalue weighted by atomic mass is 16.5. The molecule has 0 aromatic heterocycles. The second kappa shape index (κ2) is 6.15. The molecular weight excluding hydrogens is 250 g/mol. The van der Waals surface area contributed by atoms with Crippen molar-refractivity contribution in [3.63, 3.8) is 0 Å². The second-order valence-corrected chi connectivity index (χ2v) is 5.74. The van der Waals surface area contributed by atoms with E-state index in [1.807, 2.05) is 32.2 Å². The molecule has 1 unspecified atom stereocenters. The molecule has 1 aromatic carbocycles. The first-order valence-electron chi connectivity index (χ1n) is 7.10. The van der Waals surface area contributed by atoms with Crippen molar-refractivity contribution in [3.05, 3.63) is 24.3 Å². The molecule has 0 bridgehead atoms. The van der Waals surface area contributed by atoms with E-state index < -0.39 is 5.54 Å². The third-order valence-electron chi connectivity index (χ3n) is 3.79. The van der Waals surface area contributed by atoms with E-state index in [9.17, 15) is 5.26 Å². The fourth-order valence-electron chi connectivity index (χ4n) is 2.21. The van der Waals surface area contributed by atoms with Crippen LogP contribution >= 0.6 is 0 Å². The van der Waals surface area contributed by atoms with Crippen LogP contribution in [0.3, 0.4) is 0 Å². The van der Waals surface area contributed by atoms with Crippen LogP contribution in [0.1, 0.15) is 26.2 Å². The molecule has 0 spiro atoms. The largest absolute Gasteiger partial charge is 0.497 e. The lowest BCUT2D eigenvalue weighted by molar-refractivity contribution is 0.413. The first-order valence-corrected chi connectivity index (χ1v) is 7.10. The Morgan fingerprint density at radius 1 is 1.50 bits per heavy atom. The van der Waals surface area contributed by atoms with Crippen molar-refractivity contribution in [2.45, 2.75) is 37.8 Å². The van der Waals surface area contributed by atoms with Gasteiger partial charge in [-0.05, 0) is 38.3 Å². The third kappa shape index (κ3) is 3.88. The fraction of sp³-hybridized carbons (Fsp3) is 0.562. The second-order valence-electron chi connectivity index (χ2n) is 5.74. The van der Waals surface area contributed by atoms with Gasteiger partial charge in [-0.1, -0.05) is 6.07 Å². The smallest absolute Gasteiger partial charge is 0.120 e. The van der Waals surface area contributed by atoms with Crippen molar-refractivity contribution >= 4 is 5.69 Å². The van der Waals surface area contributed by atoms with Crippen molar-refractivity contribution in [1.29, 1.82) is 5.26 Å². The van der Waals surface area contributed by atoms with E-state index in [0.29, 0.717) is 6.04 Å². The van der Waals surface area contributed by atoms with Crippen LogP contribution in [0.2, 0.25) is 0 Å². The minimum Gasteiger partial charge on any atom is -0.497 e. The number of nitrogens with zero attached hydrogens (tertiary/aromatic N) is 2. The quantitative estimate of drug-likeness (QED) is 0.829. The zero-order valence-corrected chi connectivity index (χ0v) is 12.5. The first kappa shape index (κ1) is 14.7. The van der Waals surface area contributed by atoms with Gasteiger partial charge >= 0.3 is 0 Å². The lowest BCUT2D eigenvalue weighted by atomic mass is 9.99. The lowest BCUT2D eigenvalue weighted by Gasteiger charge is -2.27. The number of methoxy groups -OCH3 is 1. The maximum absolute atomic E-state index is 9.38. The zero-order chi connectivity index (χ0) is 14.6. The number of ether oxygens (including phenoxy) is 1. The predicted octanol–water partition coefficient (Wildman–Crippen LogP) is 2.56. The molecule has 4 heteroatoms. The Balaban J connectivity index is 1.92. The van der Waals surface area contributed by atoms with Gasteiger partial charge in [0, 0.05) is 31.4 Å². The number of rotatable bonds is 7. The van der Waals surface area contributed by atoms with Crippen molar-refractivity contribution in [1.82, 2.24) is 5.32 Å². The van der Waals surface area contributed by atoms with Gasteiger partial charge < -0.3 is 9.64 Å². The summed E-state index contributed by atoms with van der Waals surface area (Å²) in [6.07, 6.45) is 3.19. The standard InChI is InChI=1S/C16H23N3O/c1-16(12-17,18-13-7-8-13)9-10-19(2)14-5-4-6-15(11-14)20-3/h4-6,11,13,18H,7-10H2,1-3H3. The average molecular weight is 273 g/mol. The van der Waals surface area contributed by atoms with E-state index in [0.717, 1.165) is 24.4 Å². The van der Waals surface area contributed by atoms with E-state index in [2.05, 4.69) is 22.4 Å². The molecule has 108 valence electrons. The first-order chi connectivity index (χ1) is 9.56. The van der Waals surface area contributed by atoms with Gasteiger partial charge in [0.15, 0.2) is 0 Å². The molecule has 0 radical (unpaired) electrons. The fourth-order valence-corrected chi connectivity index (χ4v) is 2.21. The topological polar surface area (TPSA) is 48.3 Å². The van der Waals surface area contributed by atoms with Crippen LogP contribution in [0.25, 0.3) is 0 Å². The molecule has 2 rings (SSSR count). The Hall–Kier alpha value is -1.73. The van der Waals surface area contributed by atoms with Gasteiger partial charge in [-0.3, -0.25) is 5.32 Å². The van der Waals surface area contributed by atoms with Crippen molar-refractivity contribution in [2.24, 2.45) is 0 Å². The summed E-state index contributed by atoms with van der Waals surface area (Å²) in [7, 11) is 3.72. The van der Waals surface area contributed by atoms with E-state index in [1.165, 1.54) is 12.8 Å². The summed E-state index contributed by atoms with van der Waals surface area (Å²) in [5.74, 6) is 0.855. The van der Waals surface area contributed by atoms with Crippen LogP contribution < -0.4 is 15.0 Å². The maximum atomic E-state index is 9.38. The van der Waals surface area contributed by atoms with Gasteiger partial charge in [0.1, 0.15) is 11.3 Å². The third-order valence-corrected chi connectivity index (χ3v) is 3.79. The van der Waals surface area contributed by atoms with Gasteiger partial charge in [0.25, 0.3) is 0 Å². The molecule has 1 aliphatic rings. The molecule has 1 aliphatic carbocycles. The van der Waals surface area contributed by atoms with Crippen LogP contribution in [0.4, 0.5) is 5.69 Å². The van der Waals surface area contributed by atoms with Crippen molar-refractivity contribution in [3.8, 4) is 11.8 Å². The average Bonchev–Trinajstić information content (AvgIpc) is 3.28. The number of benzene rings is 1. The molecule has 1 fully saturated rings. The van der Waals surface area contributed by atoms with Crippen LogP contribution in [-0.4, -0.2) is 32.3 Å². The highest BCUT2D eigenvalue weighted by molar-refractivity contribution is 5.50. The molecule has 1 N–H and O–H groups in total.